The predicted octanol–water partition coefficient (Wildman–Crippen LogP) is -0.407. The maximum Gasteiger partial charge on any atom is 0.321 e. The van der Waals surface area contributed by atoms with E-state index in [-0.39, 0.29) is 18.2 Å². The summed E-state index contributed by atoms with van der Waals surface area (Å²) in [5.41, 5.74) is 0. The number of sulfonamides is 1. The van der Waals surface area contributed by atoms with Crippen molar-refractivity contribution in [1.82, 2.24) is 14.3 Å². The van der Waals surface area contributed by atoms with Crippen molar-refractivity contribution in [2.24, 2.45) is 0 Å². The molecule has 0 saturated heterocycles. The SMILES string of the molecule is CCOC(=O)CN(C)S(=O)(=O)c1cnc[nH]1. The molecule has 1 N–H and O–H groups in total. The van der Waals surface area contributed by atoms with E-state index in [4.69, 9.17) is 0 Å². The van der Waals surface area contributed by atoms with Crippen molar-refractivity contribution in [3.63, 3.8) is 0 Å². The smallest absolute Gasteiger partial charge is 0.321 e. The zero-order valence-corrected chi connectivity index (χ0v) is 9.82. The number of aromatic nitrogens is 2. The number of hydrogen-bond acceptors (Lipinski definition) is 5. The quantitative estimate of drug-likeness (QED) is 0.714. The molecule has 1 aromatic rings. The molecule has 7 nitrogen and oxygen atoms in total. The Kier molecular flexibility index (Phi) is 4.02. The van der Waals surface area contributed by atoms with Crippen LogP contribution in [0.15, 0.2) is 17.6 Å². The lowest BCUT2D eigenvalue weighted by Gasteiger charge is -2.14. The van der Waals surface area contributed by atoms with Crippen molar-refractivity contribution in [3.8, 4) is 0 Å². The lowest BCUT2D eigenvalue weighted by molar-refractivity contribution is -0.143. The molecule has 0 radical (unpaired) electrons. The molecule has 0 saturated carbocycles. The molecule has 0 aliphatic carbocycles. The number of H-pyrrole nitrogens is 1. The fraction of sp³-hybridized carbons (Fsp3) is 0.500. The number of imidazole rings is 1. The molecule has 0 amide bonds. The Morgan fingerprint density at radius 1 is 1.62 bits per heavy atom. The van der Waals surface area contributed by atoms with Gasteiger partial charge >= 0.3 is 5.97 Å². The average Bonchev–Trinajstić information content (AvgIpc) is 2.70. The Labute approximate surface area is 93.5 Å². The molecule has 90 valence electrons. The monoisotopic (exact) mass is 247 g/mol. The van der Waals surface area contributed by atoms with E-state index in [0.717, 1.165) is 4.31 Å². The summed E-state index contributed by atoms with van der Waals surface area (Å²) in [6, 6.07) is 0. The molecule has 0 atom stereocenters. The third kappa shape index (κ3) is 2.80. The van der Waals surface area contributed by atoms with Gasteiger partial charge in [-0.2, -0.15) is 4.31 Å². The van der Waals surface area contributed by atoms with Crippen molar-refractivity contribution in [2.75, 3.05) is 20.2 Å². The van der Waals surface area contributed by atoms with Gasteiger partial charge in [0.25, 0.3) is 10.0 Å². The molecule has 0 aromatic carbocycles. The second-order valence-corrected chi connectivity index (χ2v) is 5.00. The van der Waals surface area contributed by atoms with E-state index in [1.165, 1.54) is 19.6 Å². The number of aromatic amines is 1. The minimum atomic E-state index is -3.69. The third-order valence-corrected chi connectivity index (χ3v) is 3.55. The number of esters is 1. The number of carbonyl (C=O) groups excluding carboxylic acids is 1. The van der Waals surface area contributed by atoms with Crippen molar-refractivity contribution in [2.45, 2.75) is 11.9 Å². The summed E-state index contributed by atoms with van der Waals surface area (Å²) in [6.07, 6.45) is 2.43. The lowest BCUT2D eigenvalue weighted by atomic mass is 10.6. The highest BCUT2D eigenvalue weighted by molar-refractivity contribution is 7.89. The molecule has 16 heavy (non-hydrogen) atoms. The molecular formula is C8H13N3O4S. The van der Waals surface area contributed by atoms with Crippen LogP contribution < -0.4 is 0 Å². The molecule has 1 aromatic heterocycles. The largest absolute Gasteiger partial charge is 0.465 e. The summed E-state index contributed by atoms with van der Waals surface area (Å²) in [5, 5.41) is -0.0562. The Bertz CT molecular complexity index is 440. The minimum Gasteiger partial charge on any atom is -0.465 e. The number of hydrogen-bond donors (Lipinski definition) is 1. The van der Waals surface area contributed by atoms with Crippen LogP contribution in [0.1, 0.15) is 6.92 Å². The Balaban J connectivity index is 2.74. The Morgan fingerprint density at radius 3 is 2.81 bits per heavy atom. The molecule has 0 aliphatic rings. The van der Waals surface area contributed by atoms with E-state index in [9.17, 15) is 13.2 Å². The van der Waals surface area contributed by atoms with Crippen LogP contribution >= 0.6 is 0 Å². The number of carbonyl (C=O) groups is 1. The molecule has 0 aliphatic heterocycles. The van der Waals surface area contributed by atoms with Crippen molar-refractivity contribution >= 4 is 16.0 Å². The van der Waals surface area contributed by atoms with E-state index >= 15 is 0 Å². The van der Waals surface area contributed by atoms with Gasteiger partial charge in [-0.05, 0) is 6.92 Å². The second-order valence-electron chi connectivity index (χ2n) is 2.98. The number of likely N-dealkylation sites (N-methyl/N-ethyl adjacent to an activating group) is 1. The minimum absolute atomic E-state index is 0.0562. The summed E-state index contributed by atoms with van der Waals surface area (Å²) >= 11 is 0. The molecule has 0 fully saturated rings. The van der Waals surface area contributed by atoms with Gasteiger partial charge in [0.2, 0.25) is 0 Å². The van der Waals surface area contributed by atoms with E-state index in [2.05, 4.69) is 14.7 Å². The van der Waals surface area contributed by atoms with Gasteiger partial charge in [-0.15, -0.1) is 0 Å². The van der Waals surface area contributed by atoms with Crippen LogP contribution in [0, 0.1) is 0 Å². The highest BCUT2D eigenvalue weighted by Crippen LogP contribution is 2.09. The van der Waals surface area contributed by atoms with Crippen LogP contribution in [0.2, 0.25) is 0 Å². The average molecular weight is 247 g/mol. The topological polar surface area (TPSA) is 92.4 Å². The molecule has 0 spiro atoms. The van der Waals surface area contributed by atoms with Crippen LogP contribution in [-0.4, -0.2) is 48.9 Å². The molecule has 1 heterocycles. The van der Waals surface area contributed by atoms with E-state index in [0.29, 0.717) is 0 Å². The van der Waals surface area contributed by atoms with E-state index < -0.39 is 16.0 Å². The number of ether oxygens (including phenoxy) is 1. The van der Waals surface area contributed by atoms with Crippen molar-refractivity contribution in [1.29, 1.82) is 0 Å². The second kappa shape index (κ2) is 5.08. The fourth-order valence-corrected chi connectivity index (χ4v) is 2.03. The molecule has 1 rings (SSSR count). The van der Waals surface area contributed by atoms with Gasteiger partial charge in [0.1, 0.15) is 6.54 Å². The first-order valence-corrected chi connectivity index (χ1v) is 6.02. The summed E-state index contributed by atoms with van der Waals surface area (Å²) in [5.74, 6) is -0.590. The maximum absolute atomic E-state index is 11.8. The van der Waals surface area contributed by atoms with Crippen LogP contribution in [-0.2, 0) is 19.6 Å². The summed E-state index contributed by atoms with van der Waals surface area (Å²) in [6.45, 7) is 1.55. The normalized spacial score (nSPS) is 11.7. The first-order valence-electron chi connectivity index (χ1n) is 4.58. The molecule has 0 bridgehead atoms. The van der Waals surface area contributed by atoms with Crippen LogP contribution in [0.4, 0.5) is 0 Å². The maximum atomic E-state index is 11.8. The van der Waals surface area contributed by atoms with Crippen LogP contribution in [0.3, 0.4) is 0 Å². The Morgan fingerprint density at radius 2 is 2.31 bits per heavy atom. The van der Waals surface area contributed by atoms with Gasteiger partial charge in [0.05, 0.1) is 19.1 Å². The third-order valence-electron chi connectivity index (χ3n) is 1.82. The summed E-state index contributed by atoms with van der Waals surface area (Å²) in [4.78, 5) is 17.2. The van der Waals surface area contributed by atoms with Gasteiger partial charge < -0.3 is 9.72 Å². The molecule has 8 heteroatoms. The van der Waals surface area contributed by atoms with Crippen LogP contribution in [0.5, 0.6) is 0 Å². The van der Waals surface area contributed by atoms with Crippen molar-refractivity contribution < 1.29 is 17.9 Å². The van der Waals surface area contributed by atoms with Gasteiger partial charge in [0.15, 0.2) is 5.03 Å². The van der Waals surface area contributed by atoms with Crippen molar-refractivity contribution in [3.05, 3.63) is 12.5 Å². The zero-order valence-electron chi connectivity index (χ0n) is 9.00. The lowest BCUT2D eigenvalue weighted by Crippen LogP contribution is -2.33. The van der Waals surface area contributed by atoms with Gasteiger partial charge in [-0.25, -0.2) is 13.4 Å². The summed E-state index contributed by atoms with van der Waals surface area (Å²) < 4.78 is 29.1. The number of rotatable bonds is 5. The van der Waals surface area contributed by atoms with Gasteiger partial charge in [-0.1, -0.05) is 0 Å². The van der Waals surface area contributed by atoms with Gasteiger partial charge in [0, 0.05) is 7.05 Å². The standard InChI is InChI=1S/C8H13N3O4S/c1-3-15-8(12)5-11(2)16(13,14)7-4-9-6-10-7/h4,6H,3,5H2,1-2H3,(H,9,10). The number of nitrogens with zero attached hydrogens (tertiary/aromatic N) is 2. The first kappa shape index (κ1) is 12.7. The van der Waals surface area contributed by atoms with Gasteiger partial charge in [-0.3, -0.25) is 4.79 Å². The highest BCUT2D eigenvalue weighted by Gasteiger charge is 2.24. The molecule has 0 unspecified atom stereocenters. The number of nitrogens with one attached hydrogen (secondary N) is 1. The van der Waals surface area contributed by atoms with E-state index in [1.807, 2.05) is 0 Å². The molecular weight excluding hydrogens is 234 g/mol. The van der Waals surface area contributed by atoms with E-state index in [1.54, 1.807) is 6.92 Å². The predicted molar refractivity (Wildman–Crippen MR) is 55.0 cm³/mol. The Hall–Kier alpha value is -1.41. The zero-order chi connectivity index (χ0) is 12.2. The first-order chi connectivity index (χ1) is 7.48. The summed E-state index contributed by atoms with van der Waals surface area (Å²) in [7, 11) is -2.40. The highest BCUT2D eigenvalue weighted by atomic mass is 32.2. The van der Waals surface area contributed by atoms with Crippen LogP contribution in [0.25, 0.3) is 0 Å². The fourth-order valence-electron chi connectivity index (χ4n) is 1.03.